The number of Topliss-reactive ketones (excluding diaryl/α,β-unsaturated/α-hetero) is 2. The number of nitrogens with two attached hydrogens (primary N) is 4. The standard InChI is InChI=1S/C27H33N7O9/c1-12-20(30)23(37)19-15(11-42-25(31)39)27(41-2)17(7-8-34(27)21(19)22(12)36)33-26(40)43-10-13-3-5-14(6-4-13)32-24(38)16(28)9-18(29)35/h3-6,15-17H,7-11,28,30H2,1-2H3,(H2,29,35)(H2,31,39)(H,32,38)(H,33,40)/t15-,16+,17+,27-/m1/s1. The molecule has 0 spiro atoms. The van der Waals surface area contributed by atoms with Crippen LogP contribution in [0.2, 0.25) is 0 Å². The van der Waals surface area contributed by atoms with Crippen molar-refractivity contribution in [3.63, 3.8) is 0 Å². The summed E-state index contributed by atoms with van der Waals surface area (Å²) in [5.41, 5.74) is 21.3. The summed E-state index contributed by atoms with van der Waals surface area (Å²) in [4.78, 5) is 75.6. The highest BCUT2D eigenvalue weighted by Crippen LogP contribution is 2.52. The van der Waals surface area contributed by atoms with E-state index in [-0.39, 0.29) is 42.1 Å². The summed E-state index contributed by atoms with van der Waals surface area (Å²) in [6.45, 7) is 1.13. The molecule has 16 heteroatoms. The number of carbonyl (C=O) groups is 6. The van der Waals surface area contributed by atoms with Gasteiger partial charge in [-0.1, -0.05) is 12.1 Å². The molecular weight excluding hydrogens is 566 g/mol. The molecule has 0 aromatic heterocycles. The molecule has 2 heterocycles. The van der Waals surface area contributed by atoms with Gasteiger partial charge in [-0.2, -0.15) is 0 Å². The van der Waals surface area contributed by atoms with Crippen molar-refractivity contribution in [1.82, 2.24) is 10.2 Å². The summed E-state index contributed by atoms with van der Waals surface area (Å²) in [6.07, 6.45) is -1.91. The highest BCUT2D eigenvalue weighted by atomic mass is 16.6. The Labute approximate surface area is 245 Å². The lowest BCUT2D eigenvalue weighted by molar-refractivity contribution is -0.142. The van der Waals surface area contributed by atoms with Gasteiger partial charge in [0.25, 0.3) is 0 Å². The number of ketones is 2. The lowest BCUT2D eigenvalue weighted by atomic mass is 9.81. The molecule has 43 heavy (non-hydrogen) atoms. The molecule has 16 nitrogen and oxygen atoms in total. The average molecular weight is 600 g/mol. The Kier molecular flexibility index (Phi) is 8.72. The number of allylic oxidation sites excluding steroid dienone is 2. The first-order chi connectivity index (χ1) is 20.3. The van der Waals surface area contributed by atoms with E-state index in [4.69, 9.17) is 37.1 Å². The number of carbonyl (C=O) groups excluding carboxylic acids is 6. The lowest BCUT2D eigenvalue weighted by Gasteiger charge is -2.41. The minimum absolute atomic E-state index is 0.0267. The van der Waals surface area contributed by atoms with E-state index in [0.29, 0.717) is 17.7 Å². The van der Waals surface area contributed by atoms with E-state index in [0.717, 1.165) is 0 Å². The Bertz CT molecular complexity index is 1440. The van der Waals surface area contributed by atoms with Crippen LogP contribution in [0, 0.1) is 5.92 Å². The van der Waals surface area contributed by atoms with Gasteiger partial charge in [-0.25, -0.2) is 9.59 Å². The van der Waals surface area contributed by atoms with E-state index in [2.05, 4.69) is 10.6 Å². The molecule has 1 fully saturated rings. The molecule has 1 aromatic rings. The van der Waals surface area contributed by atoms with E-state index in [9.17, 15) is 28.8 Å². The van der Waals surface area contributed by atoms with Crippen LogP contribution >= 0.6 is 0 Å². The maximum Gasteiger partial charge on any atom is 0.407 e. The average Bonchev–Trinajstić information content (AvgIpc) is 3.45. The van der Waals surface area contributed by atoms with E-state index < -0.39 is 65.9 Å². The predicted octanol–water partition coefficient (Wildman–Crippen LogP) is -1.17. The molecule has 4 rings (SSSR count). The molecule has 1 aromatic carbocycles. The number of methoxy groups -OCH3 is 1. The number of rotatable bonds is 10. The van der Waals surface area contributed by atoms with Crippen LogP contribution in [0.4, 0.5) is 15.3 Å². The van der Waals surface area contributed by atoms with Gasteiger partial charge in [-0.05, 0) is 31.0 Å². The van der Waals surface area contributed by atoms with Crippen molar-refractivity contribution in [2.24, 2.45) is 28.9 Å². The SMILES string of the molecule is CO[C@]12[C@@H](NC(=O)OCc3ccc(NC(=O)[C@@H](N)CC(N)=O)cc3)CCN1C1=C(C(=O)C(N)=C(C)C1=O)[C@H]2COC(N)=O. The van der Waals surface area contributed by atoms with Gasteiger partial charge in [0.05, 0.1) is 35.8 Å². The van der Waals surface area contributed by atoms with E-state index >= 15 is 0 Å². The van der Waals surface area contributed by atoms with Gasteiger partial charge in [-0.3, -0.25) is 19.2 Å². The van der Waals surface area contributed by atoms with Crippen LogP contribution in [0.3, 0.4) is 0 Å². The van der Waals surface area contributed by atoms with Gasteiger partial charge in [0, 0.05) is 30.5 Å². The van der Waals surface area contributed by atoms with Gasteiger partial charge < -0.3 is 52.7 Å². The second-order valence-corrected chi connectivity index (χ2v) is 10.3. The number of amides is 4. The smallest absolute Gasteiger partial charge is 0.407 e. The third-order valence-electron chi connectivity index (χ3n) is 7.74. The molecule has 4 amide bonds. The van der Waals surface area contributed by atoms with Crippen LogP contribution in [-0.2, 0) is 40.0 Å². The number of hydrogen-bond acceptors (Lipinski definition) is 12. The Morgan fingerprint density at radius 3 is 2.37 bits per heavy atom. The van der Waals surface area contributed by atoms with Crippen LogP contribution in [0.25, 0.3) is 0 Å². The fourth-order valence-electron chi connectivity index (χ4n) is 5.69. The molecule has 0 saturated carbocycles. The summed E-state index contributed by atoms with van der Waals surface area (Å²) in [7, 11) is 1.35. The van der Waals surface area contributed by atoms with Gasteiger partial charge in [-0.15, -0.1) is 0 Å². The zero-order valence-electron chi connectivity index (χ0n) is 23.5. The molecule has 230 valence electrons. The largest absolute Gasteiger partial charge is 0.449 e. The fraction of sp³-hybridized carbons (Fsp3) is 0.407. The molecule has 2 aliphatic heterocycles. The number of nitrogens with zero attached hydrogens (tertiary/aromatic N) is 1. The quantitative estimate of drug-likeness (QED) is 0.174. The number of fused-ring (bicyclic) bond motifs is 2. The highest BCUT2D eigenvalue weighted by molar-refractivity contribution is 6.25. The Balaban J connectivity index is 1.45. The number of alkyl carbamates (subject to hydrolysis) is 1. The normalized spacial score (nSPS) is 23.5. The van der Waals surface area contributed by atoms with Crippen molar-refractivity contribution in [1.29, 1.82) is 0 Å². The maximum atomic E-state index is 13.3. The topological polar surface area (TPSA) is 261 Å². The number of benzene rings is 1. The maximum absolute atomic E-state index is 13.3. The van der Waals surface area contributed by atoms with Crippen molar-refractivity contribution in [3.8, 4) is 0 Å². The Morgan fingerprint density at radius 1 is 1.09 bits per heavy atom. The van der Waals surface area contributed by atoms with Crippen molar-refractivity contribution in [3.05, 3.63) is 52.4 Å². The Hall–Kier alpha value is -4.96. The summed E-state index contributed by atoms with van der Waals surface area (Å²) in [5.74, 6) is -3.35. The van der Waals surface area contributed by atoms with Crippen LogP contribution in [-0.4, -0.2) is 78.5 Å². The number of ether oxygens (including phenoxy) is 3. The highest BCUT2D eigenvalue weighted by Gasteiger charge is 2.65. The van der Waals surface area contributed by atoms with E-state index in [1.807, 2.05) is 0 Å². The van der Waals surface area contributed by atoms with Crippen molar-refractivity contribution in [2.45, 2.75) is 44.2 Å². The van der Waals surface area contributed by atoms with Gasteiger partial charge in [0.1, 0.15) is 13.2 Å². The predicted molar refractivity (Wildman–Crippen MR) is 148 cm³/mol. The third-order valence-corrected chi connectivity index (χ3v) is 7.74. The first-order valence-electron chi connectivity index (χ1n) is 13.2. The summed E-state index contributed by atoms with van der Waals surface area (Å²) >= 11 is 0. The summed E-state index contributed by atoms with van der Waals surface area (Å²) in [6, 6.07) is 4.45. The van der Waals surface area contributed by atoms with E-state index in [1.165, 1.54) is 14.0 Å². The molecule has 0 bridgehead atoms. The lowest BCUT2D eigenvalue weighted by Crippen LogP contribution is -2.60. The second-order valence-electron chi connectivity index (χ2n) is 10.3. The number of primary amides is 2. The van der Waals surface area contributed by atoms with Gasteiger partial charge in [0.2, 0.25) is 23.4 Å². The van der Waals surface area contributed by atoms with E-state index in [1.54, 1.807) is 29.2 Å². The zero-order chi connectivity index (χ0) is 31.6. The third kappa shape index (κ3) is 5.74. The molecule has 4 atom stereocenters. The fourth-order valence-corrected chi connectivity index (χ4v) is 5.69. The second kappa shape index (κ2) is 12.1. The molecule has 1 saturated heterocycles. The van der Waals surface area contributed by atoms with Crippen LogP contribution in [0.15, 0.2) is 46.8 Å². The molecule has 0 unspecified atom stereocenters. The minimum Gasteiger partial charge on any atom is -0.449 e. The monoisotopic (exact) mass is 599 g/mol. The number of nitrogens with one attached hydrogen (secondary N) is 2. The zero-order valence-corrected chi connectivity index (χ0v) is 23.5. The van der Waals surface area contributed by atoms with Gasteiger partial charge >= 0.3 is 12.2 Å². The summed E-state index contributed by atoms with van der Waals surface area (Å²) < 4.78 is 16.4. The van der Waals surface area contributed by atoms with Crippen molar-refractivity contribution in [2.75, 3.05) is 25.6 Å². The molecular formula is C27H33N7O9. The Morgan fingerprint density at radius 2 is 1.77 bits per heavy atom. The molecule has 10 N–H and O–H groups in total. The molecule has 3 aliphatic rings. The minimum atomic E-state index is -1.48. The van der Waals surface area contributed by atoms with Gasteiger partial charge in [0.15, 0.2) is 5.72 Å². The van der Waals surface area contributed by atoms with Crippen LogP contribution in [0.5, 0.6) is 0 Å². The van der Waals surface area contributed by atoms with Crippen molar-refractivity contribution >= 4 is 41.3 Å². The van der Waals surface area contributed by atoms with Crippen LogP contribution in [0.1, 0.15) is 25.3 Å². The number of anilines is 1. The first kappa shape index (κ1) is 31.0. The van der Waals surface area contributed by atoms with Crippen molar-refractivity contribution < 1.29 is 43.0 Å². The molecule has 1 aliphatic carbocycles. The van der Waals surface area contributed by atoms with Crippen LogP contribution < -0.4 is 33.6 Å². The summed E-state index contributed by atoms with van der Waals surface area (Å²) in [5, 5.41) is 5.32. The first-order valence-corrected chi connectivity index (χ1v) is 13.2. The molecule has 0 radical (unpaired) electrons. The number of hydrogen-bond donors (Lipinski definition) is 6.